The number of halogens is 1. The lowest BCUT2D eigenvalue weighted by Gasteiger charge is -2.18. The lowest BCUT2D eigenvalue weighted by molar-refractivity contribution is 0.0929. The Morgan fingerprint density at radius 2 is 1.62 bits per heavy atom. The summed E-state index contributed by atoms with van der Waals surface area (Å²) in [6.45, 7) is 1.99. The van der Waals surface area contributed by atoms with Crippen molar-refractivity contribution >= 4 is 22.8 Å². The van der Waals surface area contributed by atoms with E-state index in [9.17, 15) is 14.0 Å². The van der Waals surface area contributed by atoms with Crippen molar-refractivity contribution in [1.29, 1.82) is 0 Å². The number of aryl methyl sites for hydroxylation is 1. The van der Waals surface area contributed by atoms with Crippen molar-refractivity contribution in [2.75, 3.05) is 7.05 Å². The van der Waals surface area contributed by atoms with Gasteiger partial charge in [0, 0.05) is 36.0 Å². The van der Waals surface area contributed by atoms with Gasteiger partial charge in [-0.3, -0.25) is 14.6 Å². The van der Waals surface area contributed by atoms with E-state index >= 15 is 0 Å². The number of fused-ring (bicyclic) bond motifs is 1. The van der Waals surface area contributed by atoms with E-state index < -0.39 is 0 Å². The Bertz CT molecular complexity index is 1720. The van der Waals surface area contributed by atoms with Gasteiger partial charge in [-0.1, -0.05) is 12.1 Å². The molecule has 39 heavy (non-hydrogen) atoms. The molecule has 2 N–H and O–H groups in total. The highest BCUT2D eigenvalue weighted by Crippen LogP contribution is 2.45. The van der Waals surface area contributed by atoms with Gasteiger partial charge < -0.3 is 15.1 Å². The summed E-state index contributed by atoms with van der Waals surface area (Å²) in [7, 11) is 1.56. The summed E-state index contributed by atoms with van der Waals surface area (Å²) >= 11 is 0. The van der Waals surface area contributed by atoms with E-state index in [1.165, 1.54) is 12.1 Å². The van der Waals surface area contributed by atoms with Crippen LogP contribution in [0.15, 0.2) is 89.6 Å². The van der Waals surface area contributed by atoms with Crippen LogP contribution in [0.3, 0.4) is 0 Å². The fourth-order valence-electron chi connectivity index (χ4n) is 5.07. The second-order valence-corrected chi connectivity index (χ2v) is 9.90. The number of pyridine rings is 1. The highest BCUT2D eigenvalue weighted by Gasteiger charge is 2.45. The Hall–Kier alpha value is -4.78. The van der Waals surface area contributed by atoms with Gasteiger partial charge >= 0.3 is 0 Å². The third-order valence-electron chi connectivity index (χ3n) is 7.39. The molecule has 2 aromatic heterocycles. The van der Waals surface area contributed by atoms with Crippen LogP contribution in [0.1, 0.15) is 44.7 Å². The number of carbonyl (C=O) groups excluding carboxylic acids is 2. The maximum Gasteiger partial charge on any atom is 0.255 e. The number of carbonyl (C=O) groups is 2. The summed E-state index contributed by atoms with van der Waals surface area (Å²) in [5, 5.41) is 6.54. The zero-order valence-corrected chi connectivity index (χ0v) is 21.5. The fourth-order valence-corrected chi connectivity index (χ4v) is 5.07. The molecule has 0 saturated heterocycles. The van der Waals surface area contributed by atoms with Crippen molar-refractivity contribution in [1.82, 2.24) is 15.6 Å². The van der Waals surface area contributed by atoms with Crippen LogP contribution < -0.4 is 10.6 Å². The van der Waals surface area contributed by atoms with Crippen LogP contribution in [-0.2, 0) is 5.54 Å². The molecular weight excluding hydrogens is 493 g/mol. The summed E-state index contributed by atoms with van der Waals surface area (Å²) in [6, 6.07) is 21.0. The van der Waals surface area contributed by atoms with Crippen LogP contribution >= 0.6 is 0 Å². The Morgan fingerprint density at radius 1 is 0.897 bits per heavy atom. The summed E-state index contributed by atoms with van der Waals surface area (Å²) in [4.78, 5) is 30.4. The van der Waals surface area contributed by atoms with Crippen LogP contribution in [0.2, 0.25) is 0 Å². The van der Waals surface area contributed by atoms with Gasteiger partial charge in [0.05, 0.1) is 11.1 Å². The van der Waals surface area contributed by atoms with E-state index in [2.05, 4.69) is 15.6 Å². The van der Waals surface area contributed by atoms with E-state index in [0.717, 1.165) is 35.1 Å². The van der Waals surface area contributed by atoms with Gasteiger partial charge in [-0.05, 0) is 103 Å². The highest BCUT2D eigenvalue weighted by molar-refractivity contribution is 6.12. The summed E-state index contributed by atoms with van der Waals surface area (Å²) < 4.78 is 19.6. The van der Waals surface area contributed by atoms with Crippen LogP contribution in [0.4, 0.5) is 4.39 Å². The quantitative estimate of drug-likeness (QED) is 0.272. The first kappa shape index (κ1) is 24.6. The number of benzene rings is 3. The first-order valence-corrected chi connectivity index (χ1v) is 12.8. The number of nitrogens with one attached hydrogen (secondary N) is 2. The zero-order valence-electron chi connectivity index (χ0n) is 21.5. The normalized spacial score (nSPS) is 13.7. The van der Waals surface area contributed by atoms with Gasteiger partial charge in [0.1, 0.15) is 17.2 Å². The third kappa shape index (κ3) is 4.46. The van der Waals surface area contributed by atoms with Crippen molar-refractivity contribution in [3.63, 3.8) is 0 Å². The molecule has 6 nitrogen and oxygen atoms in total. The summed E-state index contributed by atoms with van der Waals surface area (Å²) in [5.41, 5.74) is 5.50. The largest absolute Gasteiger partial charge is 0.455 e. The number of hydrogen-bond acceptors (Lipinski definition) is 4. The molecule has 1 saturated carbocycles. The van der Waals surface area contributed by atoms with Gasteiger partial charge in [0.15, 0.2) is 0 Å². The minimum Gasteiger partial charge on any atom is -0.455 e. The van der Waals surface area contributed by atoms with Crippen LogP contribution in [0, 0.1) is 12.7 Å². The number of nitrogens with zero attached hydrogens (tertiary/aromatic N) is 1. The SMILES string of the molecule is CNC(=O)c1c(-c2ccc(F)cc2)oc2ccc(-c3cc(C(=O)NC4(c5ccncc5)CC4)ccc3C)cc12. The average molecular weight is 520 g/mol. The molecule has 0 unspecified atom stereocenters. The van der Waals surface area contributed by atoms with Crippen molar-refractivity contribution in [2.24, 2.45) is 0 Å². The van der Waals surface area contributed by atoms with Gasteiger partial charge in [0.25, 0.3) is 11.8 Å². The first-order valence-electron chi connectivity index (χ1n) is 12.8. The maximum absolute atomic E-state index is 13.5. The second kappa shape index (κ2) is 9.51. The van der Waals surface area contributed by atoms with Crippen molar-refractivity contribution in [3.8, 4) is 22.5 Å². The summed E-state index contributed by atoms with van der Waals surface area (Å²) in [6.07, 6.45) is 5.26. The van der Waals surface area contributed by atoms with Gasteiger partial charge in [-0.15, -0.1) is 0 Å². The van der Waals surface area contributed by atoms with Gasteiger partial charge in [0.2, 0.25) is 0 Å². The molecule has 0 radical (unpaired) electrons. The third-order valence-corrected chi connectivity index (χ3v) is 7.39. The Balaban J connectivity index is 1.39. The number of furan rings is 1. The molecule has 2 heterocycles. The highest BCUT2D eigenvalue weighted by atomic mass is 19.1. The summed E-state index contributed by atoms with van der Waals surface area (Å²) in [5.74, 6) is -0.441. The minimum atomic E-state index is -0.369. The van der Waals surface area contributed by atoms with Gasteiger partial charge in [-0.25, -0.2) is 4.39 Å². The molecule has 194 valence electrons. The lowest BCUT2D eigenvalue weighted by atomic mass is 9.95. The zero-order chi connectivity index (χ0) is 27.1. The molecule has 1 fully saturated rings. The van der Waals surface area contributed by atoms with Crippen molar-refractivity contribution in [3.05, 3.63) is 113 Å². The predicted molar refractivity (Wildman–Crippen MR) is 148 cm³/mol. The Kier molecular flexibility index (Phi) is 5.99. The van der Waals surface area contributed by atoms with E-state index in [0.29, 0.717) is 33.4 Å². The molecule has 0 atom stereocenters. The molecule has 3 aromatic carbocycles. The topological polar surface area (TPSA) is 84.2 Å². The standard InChI is InChI=1S/C32H26FN3O3/c1-19-3-4-22(30(37)36-32(13-14-32)23-11-15-35-16-12-23)18-25(19)21-7-10-27-26(17-21)28(31(38)34-2)29(39-27)20-5-8-24(33)9-6-20/h3-12,15-18H,13-14H2,1-2H3,(H,34,38)(H,36,37). The molecule has 5 aromatic rings. The number of hydrogen-bond donors (Lipinski definition) is 2. The lowest BCUT2D eigenvalue weighted by Crippen LogP contribution is -2.34. The molecule has 0 spiro atoms. The number of amides is 2. The maximum atomic E-state index is 13.5. The van der Waals surface area contributed by atoms with E-state index in [4.69, 9.17) is 4.42 Å². The number of aromatic nitrogens is 1. The predicted octanol–water partition coefficient (Wildman–Crippen LogP) is 6.39. The molecule has 6 rings (SSSR count). The van der Waals surface area contributed by atoms with Crippen molar-refractivity contribution in [2.45, 2.75) is 25.3 Å². The average Bonchev–Trinajstić information content (AvgIpc) is 3.65. The second-order valence-electron chi connectivity index (χ2n) is 9.90. The molecule has 0 bridgehead atoms. The van der Waals surface area contributed by atoms with Gasteiger partial charge in [-0.2, -0.15) is 0 Å². The van der Waals surface area contributed by atoms with E-state index in [1.54, 1.807) is 31.6 Å². The monoisotopic (exact) mass is 519 g/mol. The van der Waals surface area contributed by atoms with E-state index in [-0.39, 0.29) is 23.2 Å². The Morgan fingerprint density at radius 3 is 2.31 bits per heavy atom. The first-order chi connectivity index (χ1) is 18.9. The Labute approximate surface area is 224 Å². The van der Waals surface area contributed by atoms with Crippen LogP contribution in [0.5, 0.6) is 0 Å². The van der Waals surface area contributed by atoms with Crippen LogP contribution in [0.25, 0.3) is 33.4 Å². The van der Waals surface area contributed by atoms with E-state index in [1.807, 2.05) is 55.5 Å². The minimum absolute atomic E-state index is 0.139. The van der Waals surface area contributed by atoms with Crippen LogP contribution in [-0.4, -0.2) is 23.8 Å². The molecule has 2 amide bonds. The van der Waals surface area contributed by atoms with Crippen molar-refractivity contribution < 1.29 is 18.4 Å². The molecule has 7 heteroatoms. The molecule has 1 aliphatic rings. The molecule has 0 aliphatic heterocycles. The number of rotatable bonds is 6. The molecule has 1 aliphatic carbocycles. The fraction of sp³-hybridized carbons (Fsp3) is 0.156. The smallest absolute Gasteiger partial charge is 0.255 e. The molecular formula is C32H26FN3O3.